The van der Waals surface area contributed by atoms with Gasteiger partial charge in [-0.1, -0.05) is 0 Å². The second-order valence-electron chi connectivity index (χ2n) is 3.82. The molecule has 4 nitrogen and oxygen atoms in total. The maximum Gasteiger partial charge on any atom is 0.211 e. The predicted molar refractivity (Wildman–Crippen MR) is 60.8 cm³/mol. The highest BCUT2D eigenvalue weighted by Crippen LogP contribution is 2.13. The molecule has 1 saturated heterocycles. The van der Waals surface area contributed by atoms with Gasteiger partial charge in [0.25, 0.3) is 0 Å². The molecule has 0 spiro atoms. The summed E-state index contributed by atoms with van der Waals surface area (Å²) in [5, 5.41) is 3.21. The van der Waals surface area contributed by atoms with Gasteiger partial charge in [-0.25, -0.2) is 13.1 Å². The van der Waals surface area contributed by atoms with E-state index in [1.54, 1.807) is 0 Å². The van der Waals surface area contributed by atoms with Gasteiger partial charge in [0.2, 0.25) is 10.0 Å². The molecule has 0 aliphatic carbocycles. The van der Waals surface area contributed by atoms with Crippen molar-refractivity contribution in [1.82, 2.24) is 10.0 Å². The summed E-state index contributed by atoms with van der Waals surface area (Å²) in [6, 6.07) is 0. The van der Waals surface area contributed by atoms with E-state index in [1.165, 1.54) is 0 Å². The second-order valence-corrected chi connectivity index (χ2v) is 5.67. The molecule has 0 radical (unpaired) electrons. The van der Waals surface area contributed by atoms with E-state index < -0.39 is 10.0 Å². The smallest absolute Gasteiger partial charge is 0.211 e. The Kier molecular flexibility index (Phi) is 5.09. The SMILES string of the molecule is C#CCCNS(=O)(=O)CC1CCNCC1. The van der Waals surface area contributed by atoms with Gasteiger partial charge in [0.05, 0.1) is 5.75 Å². The van der Waals surface area contributed by atoms with Gasteiger partial charge < -0.3 is 5.32 Å². The van der Waals surface area contributed by atoms with Gasteiger partial charge in [0, 0.05) is 13.0 Å². The lowest BCUT2D eigenvalue weighted by Crippen LogP contribution is -2.35. The molecule has 1 heterocycles. The van der Waals surface area contributed by atoms with Crippen molar-refractivity contribution in [2.45, 2.75) is 19.3 Å². The maximum absolute atomic E-state index is 11.6. The molecule has 0 bridgehead atoms. The zero-order valence-corrected chi connectivity index (χ0v) is 9.65. The fraction of sp³-hybridized carbons (Fsp3) is 0.800. The molecular weight excluding hydrogens is 212 g/mol. The van der Waals surface area contributed by atoms with Crippen molar-refractivity contribution in [2.75, 3.05) is 25.4 Å². The third kappa shape index (κ3) is 5.17. The number of rotatable bonds is 5. The minimum Gasteiger partial charge on any atom is -0.317 e. The Labute approximate surface area is 91.9 Å². The molecule has 1 fully saturated rings. The number of nitrogens with one attached hydrogen (secondary N) is 2. The van der Waals surface area contributed by atoms with Crippen LogP contribution in [-0.4, -0.2) is 33.8 Å². The van der Waals surface area contributed by atoms with Crippen LogP contribution in [-0.2, 0) is 10.0 Å². The van der Waals surface area contributed by atoms with Gasteiger partial charge in [0.1, 0.15) is 0 Å². The van der Waals surface area contributed by atoms with Crippen LogP contribution in [0, 0.1) is 18.3 Å². The fourth-order valence-corrected chi connectivity index (χ4v) is 3.18. The van der Waals surface area contributed by atoms with Crippen molar-refractivity contribution in [2.24, 2.45) is 5.92 Å². The van der Waals surface area contributed by atoms with Crippen LogP contribution in [0.2, 0.25) is 0 Å². The van der Waals surface area contributed by atoms with Crippen molar-refractivity contribution in [1.29, 1.82) is 0 Å². The number of hydrogen-bond donors (Lipinski definition) is 2. The first-order valence-electron chi connectivity index (χ1n) is 5.25. The largest absolute Gasteiger partial charge is 0.317 e. The third-order valence-corrected chi connectivity index (χ3v) is 4.06. The van der Waals surface area contributed by atoms with E-state index in [2.05, 4.69) is 16.0 Å². The molecule has 0 aromatic rings. The summed E-state index contributed by atoms with van der Waals surface area (Å²) in [5.41, 5.74) is 0. The summed E-state index contributed by atoms with van der Waals surface area (Å²) in [5.74, 6) is 2.93. The molecule has 1 rings (SSSR count). The standard InChI is InChI=1S/C10H18N2O2S/c1-2-3-6-12-15(13,14)9-10-4-7-11-8-5-10/h1,10-12H,3-9H2. The highest BCUT2D eigenvalue weighted by atomic mass is 32.2. The van der Waals surface area contributed by atoms with Gasteiger partial charge >= 0.3 is 0 Å². The second kappa shape index (κ2) is 6.11. The van der Waals surface area contributed by atoms with Crippen molar-refractivity contribution < 1.29 is 8.42 Å². The minimum atomic E-state index is -3.13. The Morgan fingerprint density at radius 3 is 2.67 bits per heavy atom. The summed E-state index contributed by atoms with van der Waals surface area (Å²) < 4.78 is 25.7. The Morgan fingerprint density at radius 1 is 1.40 bits per heavy atom. The van der Waals surface area contributed by atoms with Crippen LogP contribution in [0.3, 0.4) is 0 Å². The molecule has 0 aromatic heterocycles. The molecular formula is C10H18N2O2S. The number of terminal acetylenes is 1. The van der Waals surface area contributed by atoms with Crippen LogP contribution in [0.15, 0.2) is 0 Å². The summed E-state index contributed by atoms with van der Waals surface area (Å²) >= 11 is 0. The Bertz CT molecular complexity index is 313. The molecule has 1 aliphatic rings. The molecule has 86 valence electrons. The maximum atomic E-state index is 11.6. The van der Waals surface area contributed by atoms with E-state index >= 15 is 0 Å². The Morgan fingerprint density at radius 2 is 2.07 bits per heavy atom. The lowest BCUT2D eigenvalue weighted by molar-refractivity contribution is 0.400. The molecule has 0 amide bonds. The molecule has 0 atom stereocenters. The van der Waals surface area contributed by atoms with Gasteiger partial charge in [-0.3, -0.25) is 0 Å². The quantitative estimate of drug-likeness (QED) is 0.513. The topological polar surface area (TPSA) is 58.2 Å². The average Bonchev–Trinajstić information content (AvgIpc) is 2.18. The number of hydrogen-bond acceptors (Lipinski definition) is 3. The van der Waals surface area contributed by atoms with Crippen LogP contribution in [0.1, 0.15) is 19.3 Å². The van der Waals surface area contributed by atoms with Gasteiger partial charge in [-0.2, -0.15) is 0 Å². The predicted octanol–water partition coefficient (Wildman–Crippen LogP) is -0.0713. The Hall–Kier alpha value is -0.570. The lowest BCUT2D eigenvalue weighted by atomic mass is 10.0. The van der Waals surface area contributed by atoms with E-state index in [4.69, 9.17) is 6.42 Å². The van der Waals surface area contributed by atoms with Crippen molar-refractivity contribution in [3.05, 3.63) is 0 Å². The molecule has 5 heteroatoms. The third-order valence-electron chi connectivity index (χ3n) is 2.51. The van der Waals surface area contributed by atoms with E-state index in [1.807, 2.05) is 0 Å². The number of piperidine rings is 1. The molecule has 0 unspecified atom stereocenters. The molecule has 15 heavy (non-hydrogen) atoms. The van der Waals surface area contributed by atoms with E-state index in [9.17, 15) is 8.42 Å². The zero-order chi connectivity index (χ0) is 11.1. The fourth-order valence-electron chi connectivity index (χ4n) is 1.70. The summed E-state index contributed by atoms with van der Waals surface area (Å²) in [7, 11) is -3.13. The molecule has 0 saturated carbocycles. The molecule has 2 N–H and O–H groups in total. The van der Waals surface area contributed by atoms with Crippen molar-refractivity contribution in [3.8, 4) is 12.3 Å². The van der Waals surface area contributed by atoms with Crippen LogP contribution in [0.5, 0.6) is 0 Å². The van der Waals surface area contributed by atoms with E-state index in [0.29, 0.717) is 13.0 Å². The van der Waals surface area contributed by atoms with E-state index in [0.717, 1.165) is 25.9 Å². The van der Waals surface area contributed by atoms with Crippen LogP contribution < -0.4 is 10.0 Å². The normalized spacial score (nSPS) is 18.6. The Balaban J connectivity index is 2.31. The summed E-state index contributed by atoms with van der Waals surface area (Å²) in [4.78, 5) is 0. The summed E-state index contributed by atoms with van der Waals surface area (Å²) in [6.45, 7) is 2.19. The first kappa shape index (κ1) is 12.5. The average molecular weight is 230 g/mol. The molecule has 0 aromatic carbocycles. The minimum absolute atomic E-state index is 0.235. The molecule has 1 aliphatic heterocycles. The van der Waals surface area contributed by atoms with Gasteiger partial charge in [-0.15, -0.1) is 12.3 Å². The monoisotopic (exact) mass is 230 g/mol. The van der Waals surface area contributed by atoms with Crippen molar-refractivity contribution >= 4 is 10.0 Å². The first-order chi connectivity index (χ1) is 7.14. The van der Waals surface area contributed by atoms with Gasteiger partial charge in [-0.05, 0) is 31.8 Å². The highest BCUT2D eigenvalue weighted by Gasteiger charge is 2.20. The van der Waals surface area contributed by atoms with Crippen LogP contribution in [0.25, 0.3) is 0 Å². The first-order valence-corrected chi connectivity index (χ1v) is 6.91. The number of sulfonamides is 1. The summed E-state index contributed by atoms with van der Waals surface area (Å²) in [6.07, 6.45) is 7.38. The lowest BCUT2D eigenvalue weighted by Gasteiger charge is -2.22. The highest BCUT2D eigenvalue weighted by molar-refractivity contribution is 7.89. The van der Waals surface area contributed by atoms with Gasteiger partial charge in [0.15, 0.2) is 0 Å². The van der Waals surface area contributed by atoms with Crippen molar-refractivity contribution in [3.63, 3.8) is 0 Å². The van der Waals surface area contributed by atoms with Crippen LogP contribution in [0.4, 0.5) is 0 Å². The van der Waals surface area contributed by atoms with E-state index in [-0.39, 0.29) is 11.7 Å². The zero-order valence-electron chi connectivity index (χ0n) is 8.83. The van der Waals surface area contributed by atoms with Crippen LogP contribution >= 0.6 is 0 Å².